The van der Waals surface area contributed by atoms with Crippen LogP contribution in [-0.2, 0) is 13.1 Å². The molecule has 0 saturated heterocycles. The van der Waals surface area contributed by atoms with Gasteiger partial charge >= 0.3 is 0 Å². The van der Waals surface area contributed by atoms with Crippen molar-refractivity contribution in [1.29, 1.82) is 0 Å². The lowest BCUT2D eigenvalue weighted by molar-refractivity contribution is -0.916. The lowest BCUT2D eigenvalue weighted by Crippen LogP contribution is -3.00. The van der Waals surface area contributed by atoms with Crippen LogP contribution in [0.3, 0.4) is 0 Å². The Kier molecular flexibility index (Phi) is 4.13. The average molecular weight is 404 g/mol. The first-order valence-electron chi connectivity index (χ1n) is 8.96. The molecule has 26 heavy (non-hydrogen) atoms. The van der Waals surface area contributed by atoms with Crippen LogP contribution in [-0.4, -0.2) is 18.6 Å². The first kappa shape index (κ1) is 17.3. The van der Waals surface area contributed by atoms with E-state index in [0.29, 0.717) is 0 Å². The maximum absolute atomic E-state index is 2.34. The largest absolute Gasteiger partial charge is 1.00 e. The van der Waals surface area contributed by atoms with Gasteiger partial charge in [0.2, 0.25) is 0 Å². The van der Waals surface area contributed by atoms with Crippen molar-refractivity contribution in [3.63, 3.8) is 0 Å². The molecule has 4 aromatic carbocycles. The second kappa shape index (κ2) is 6.22. The number of nitrogens with zero attached hydrogens (tertiary/aromatic N) is 1. The van der Waals surface area contributed by atoms with Gasteiger partial charge in [0.25, 0.3) is 0 Å². The van der Waals surface area contributed by atoms with Gasteiger partial charge < -0.3 is 21.5 Å². The van der Waals surface area contributed by atoms with E-state index in [1.54, 1.807) is 0 Å². The fourth-order valence-corrected chi connectivity index (χ4v) is 4.47. The van der Waals surface area contributed by atoms with E-state index in [-0.39, 0.29) is 17.0 Å². The summed E-state index contributed by atoms with van der Waals surface area (Å²) in [6.45, 7) is 2.12. The molecule has 1 heterocycles. The van der Waals surface area contributed by atoms with Gasteiger partial charge in [-0.3, -0.25) is 0 Å². The fourth-order valence-electron chi connectivity index (χ4n) is 4.47. The molecule has 1 nitrogen and oxygen atoms in total. The van der Waals surface area contributed by atoms with E-state index in [1.807, 2.05) is 0 Å². The molecular weight excluding hydrogens is 382 g/mol. The quantitative estimate of drug-likeness (QED) is 0.396. The molecule has 4 aromatic rings. The van der Waals surface area contributed by atoms with E-state index >= 15 is 0 Å². The van der Waals surface area contributed by atoms with Gasteiger partial charge in [-0.2, -0.15) is 0 Å². The highest BCUT2D eigenvalue weighted by Gasteiger charge is 2.28. The third-order valence-corrected chi connectivity index (χ3v) is 5.48. The van der Waals surface area contributed by atoms with Crippen LogP contribution in [0.5, 0.6) is 0 Å². The number of benzene rings is 4. The minimum absolute atomic E-state index is 0. The van der Waals surface area contributed by atoms with Gasteiger partial charge in [0.1, 0.15) is 13.1 Å². The second-order valence-electron chi connectivity index (χ2n) is 7.89. The highest BCUT2D eigenvalue weighted by Crippen LogP contribution is 2.42. The Hall–Kier alpha value is -2.16. The lowest BCUT2D eigenvalue weighted by Gasteiger charge is -2.28. The second-order valence-corrected chi connectivity index (χ2v) is 7.89. The van der Waals surface area contributed by atoms with E-state index in [1.165, 1.54) is 43.8 Å². The van der Waals surface area contributed by atoms with E-state index < -0.39 is 0 Å². The van der Waals surface area contributed by atoms with Crippen molar-refractivity contribution in [1.82, 2.24) is 0 Å². The summed E-state index contributed by atoms with van der Waals surface area (Å²) >= 11 is 0. The normalized spacial score (nSPS) is 15.0. The van der Waals surface area contributed by atoms with E-state index in [0.717, 1.165) is 17.6 Å². The number of fused-ring (bicyclic) bond motifs is 7. The van der Waals surface area contributed by atoms with Crippen LogP contribution in [0, 0.1) is 0 Å². The molecule has 0 N–H and O–H groups in total. The molecule has 0 radical (unpaired) electrons. The molecule has 0 aliphatic carbocycles. The van der Waals surface area contributed by atoms with E-state index in [2.05, 4.69) is 86.9 Å². The van der Waals surface area contributed by atoms with Crippen molar-refractivity contribution in [3.8, 4) is 11.1 Å². The summed E-state index contributed by atoms with van der Waals surface area (Å²) < 4.78 is 0.983. The molecule has 0 unspecified atom stereocenters. The summed E-state index contributed by atoms with van der Waals surface area (Å²) in [4.78, 5) is 0. The third kappa shape index (κ3) is 2.65. The zero-order valence-electron chi connectivity index (χ0n) is 15.2. The van der Waals surface area contributed by atoms with E-state index in [4.69, 9.17) is 0 Å². The van der Waals surface area contributed by atoms with Gasteiger partial charge in [-0.05, 0) is 32.7 Å². The third-order valence-electron chi connectivity index (χ3n) is 5.48. The SMILES string of the molecule is C[N+]1(C)Cc2ccc3ccccc3c2-c2c(ccc3ccccc23)C1.[Br-]. The van der Waals surface area contributed by atoms with Crippen LogP contribution >= 0.6 is 0 Å². The summed E-state index contributed by atoms with van der Waals surface area (Å²) in [7, 11) is 4.67. The zero-order valence-corrected chi connectivity index (χ0v) is 16.8. The number of rotatable bonds is 0. The molecule has 1 aliphatic rings. The molecule has 0 amide bonds. The number of hydrogen-bond donors (Lipinski definition) is 0. The predicted octanol–water partition coefficient (Wildman–Crippen LogP) is 2.75. The topological polar surface area (TPSA) is 0 Å². The van der Waals surface area contributed by atoms with Crippen LogP contribution in [0.4, 0.5) is 0 Å². The highest BCUT2D eigenvalue weighted by molar-refractivity contribution is 6.07. The maximum Gasteiger partial charge on any atom is 0.105 e. The van der Waals surface area contributed by atoms with Gasteiger partial charge in [0.15, 0.2) is 0 Å². The number of hydrogen-bond acceptors (Lipinski definition) is 0. The Morgan fingerprint density at radius 1 is 0.577 bits per heavy atom. The first-order valence-corrected chi connectivity index (χ1v) is 8.96. The van der Waals surface area contributed by atoms with Crippen molar-refractivity contribution < 1.29 is 21.5 Å². The molecular formula is C24H22BrN. The Balaban J connectivity index is 0.00000168. The van der Waals surface area contributed by atoms with Crippen molar-refractivity contribution in [2.45, 2.75) is 13.1 Å². The molecule has 0 atom stereocenters. The van der Waals surface area contributed by atoms with Crippen LogP contribution in [0.1, 0.15) is 11.1 Å². The van der Waals surface area contributed by atoms with Crippen molar-refractivity contribution >= 4 is 21.5 Å². The Bertz CT molecular complexity index is 1040. The van der Waals surface area contributed by atoms with Crippen LogP contribution in [0.25, 0.3) is 32.7 Å². The Morgan fingerprint density at radius 3 is 1.46 bits per heavy atom. The zero-order chi connectivity index (χ0) is 17.0. The fraction of sp³-hybridized carbons (Fsp3) is 0.167. The molecule has 1 aliphatic heterocycles. The summed E-state index contributed by atoms with van der Waals surface area (Å²) in [5.74, 6) is 0. The van der Waals surface area contributed by atoms with E-state index in [9.17, 15) is 0 Å². The summed E-state index contributed by atoms with van der Waals surface area (Å²) in [5, 5.41) is 5.40. The number of halogens is 1. The minimum atomic E-state index is 0. The van der Waals surface area contributed by atoms with Gasteiger partial charge in [-0.15, -0.1) is 0 Å². The molecule has 130 valence electrons. The standard InChI is InChI=1S/C24H22N.BrH/c1-25(2)15-19-13-11-17-7-3-5-9-21(17)23(19)24-20(16-25)14-12-18-8-4-6-10-22(18)24;/h3-14H,15-16H2,1-2H3;1H/q+1;/p-1. The van der Waals surface area contributed by atoms with Gasteiger partial charge in [0.05, 0.1) is 14.1 Å². The van der Waals surface area contributed by atoms with Gasteiger partial charge in [0, 0.05) is 11.1 Å². The maximum atomic E-state index is 2.34. The summed E-state index contributed by atoms with van der Waals surface area (Å²) in [6.07, 6.45) is 0. The number of quaternary nitrogens is 1. The van der Waals surface area contributed by atoms with Gasteiger partial charge in [-0.1, -0.05) is 72.8 Å². The molecule has 0 fully saturated rings. The van der Waals surface area contributed by atoms with Gasteiger partial charge in [-0.25, -0.2) is 0 Å². The highest BCUT2D eigenvalue weighted by atomic mass is 79.9. The van der Waals surface area contributed by atoms with Crippen molar-refractivity contribution in [2.24, 2.45) is 0 Å². The first-order chi connectivity index (χ1) is 12.1. The summed E-state index contributed by atoms with van der Waals surface area (Å²) in [5.41, 5.74) is 5.79. The van der Waals surface area contributed by atoms with Crippen LogP contribution < -0.4 is 17.0 Å². The monoisotopic (exact) mass is 403 g/mol. The van der Waals surface area contributed by atoms with Crippen molar-refractivity contribution in [2.75, 3.05) is 14.1 Å². The van der Waals surface area contributed by atoms with Crippen LogP contribution in [0.15, 0.2) is 72.8 Å². The molecule has 0 bridgehead atoms. The molecule has 0 spiro atoms. The van der Waals surface area contributed by atoms with Crippen molar-refractivity contribution in [3.05, 3.63) is 83.9 Å². The minimum Gasteiger partial charge on any atom is -1.00 e. The lowest BCUT2D eigenvalue weighted by atomic mass is 9.88. The molecule has 0 saturated carbocycles. The smallest absolute Gasteiger partial charge is 0.105 e. The molecule has 2 heteroatoms. The Labute approximate surface area is 165 Å². The average Bonchev–Trinajstić information content (AvgIpc) is 2.73. The predicted molar refractivity (Wildman–Crippen MR) is 106 cm³/mol. The van der Waals surface area contributed by atoms with Crippen LogP contribution in [0.2, 0.25) is 0 Å². The molecule has 5 rings (SSSR count). The summed E-state index contributed by atoms with van der Waals surface area (Å²) in [6, 6.07) is 26.9. The Morgan fingerprint density at radius 2 is 1.00 bits per heavy atom. The molecule has 0 aromatic heterocycles.